The maximum Gasteiger partial charge on any atom is 0.387 e. The highest BCUT2D eigenvalue weighted by Gasteiger charge is 2.09. The Bertz CT molecular complexity index is 719. The van der Waals surface area contributed by atoms with Crippen LogP contribution in [-0.4, -0.2) is 45.2 Å². The van der Waals surface area contributed by atoms with Crippen LogP contribution in [0.2, 0.25) is 0 Å². The van der Waals surface area contributed by atoms with Crippen LogP contribution in [0.4, 0.5) is 19.3 Å². The van der Waals surface area contributed by atoms with Crippen LogP contribution in [0.5, 0.6) is 5.75 Å². The van der Waals surface area contributed by atoms with Crippen molar-refractivity contribution in [1.29, 1.82) is 0 Å². The number of hydrogen-bond donors (Lipinski definition) is 1. The average molecular weight is 377 g/mol. The number of carbonyl (C=O) groups is 1. The van der Waals surface area contributed by atoms with Crippen LogP contribution < -0.4 is 15.0 Å². The van der Waals surface area contributed by atoms with Gasteiger partial charge >= 0.3 is 12.6 Å². The molecule has 2 aromatic carbocycles. The molecule has 0 saturated heterocycles. The first-order valence-corrected chi connectivity index (χ1v) is 8.64. The van der Waals surface area contributed by atoms with Gasteiger partial charge in [-0.25, -0.2) is 4.79 Å². The predicted molar refractivity (Wildman–Crippen MR) is 102 cm³/mol. The van der Waals surface area contributed by atoms with Crippen LogP contribution in [0.15, 0.2) is 48.5 Å². The van der Waals surface area contributed by atoms with Gasteiger partial charge in [0.25, 0.3) is 0 Å². The minimum Gasteiger partial charge on any atom is -0.435 e. The van der Waals surface area contributed by atoms with Crippen LogP contribution in [0.25, 0.3) is 0 Å². The lowest BCUT2D eigenvalue weighted by atomic mass is 10.1. The third-order valence-corrected chi connectivity index (χ3v) is 4.06. The summed E-state index contributed by atoms with van der Waals surface area (Å²) < 4.78 is 28.6. The SMILES string of the molecule is CN(Cc1ccc(N(C)C)cc1)C(=O)NCCc1ccc(OC(F)F)cc1. The molecule has 1 N–H and O–H groups in total. The van der Waals surface area contributed by atoms with Crippen molar-refractivity contribution in [3.8, 4) is 5.75 Å². The third-order valence-electron chi connectivity index (χ3n) is 4.06. The van der Waals surface area contributed by atoms with Gasteiger partial charge in [0.05, 0.1) is 0 Å². The molecule has 0 aliphatic rings. The number of urea groups is 1. The predicted octanol–water partition coefficient (Wildman–Crippen LogP) is 3.74. The fraction of sp³-hybridized carbons (Fsp3) is 0.350. The highest BCUT2D eigenvalue weighted by atomic mass is 19.3. The van der Waals surface area contributed by atoms with E-state index in [9.17, 15) is 13.6 Å². The van der Waals surface area contributed by atoms with Gasteiger partial charge in [0.15, 0.2) is 0 Å². The summed E-state index contributed by atoms with van der Waals surface area (Å²) in [5, 5.41) is 2.86. The zero-order valence-corrected chi connectivity index (χ0v) is 15.8. The molecule has 0 bridgehead atoms. The number of nitrogens with zero attached hydrogens (tertiary/aromatic N) is 2. The van der Waals surface area contributed by atoms with Gasteiger partial charge in [-0.3, -0.25) is 0 Å². The summed E-state index contributed by atoms with van der Waals surface area (Å²) in [5.41, 5.74) is 3.09. The monoisotopic (exact) mass is 377 g/mol. The summed E-state index contributed by atoms with van der Waals surface area (Å²) >= 11 is 0. The Morgan fingerprint density at radius 1 is 1.00 bits per heavy atom. The molecule has 0 spiro atoms. The van der Waals surface area contributed by atoms with Crippen LogP contribution in [0.1, 0.15) is 11.1 Å². The molecule has 7 heteroatoms. The quantitative estimate of drug-likeness (QED) is 0.762. The highest BCUT2D eigenvalue weighted by molar-refractivity contribution is 5.73. The Morgan fingerprint density at radius 3 is 2.15 bits per heavy atom. The molecule has 0 heterocycles. The smallest absolute Gasteiger partial charge is 0.387 e. The molecule has 0 aliphatic carbocycles. The van der Waals surface area contributed by atoms with Crippen molar-refractivity contribution >= 4 is 11.7 Å². The van der Waals surface area contributed by atoms with Crippen LogP contribution in [-0.2, 0) is 13.0 Å². The van der Waals surface area contributed by atoms with E-state index >= 15 is 0 Å². The molecule has 0 fully saturated rings. The van der Waals surface area contributed by atoms with Crippen molar-refractivity contribution in [2.75, 3.05) is 32.6 Å². The van der Waals surface area contributed by atoms with Crippen molar-refractivity contribution in [2.24, 2.45) is 0 Å². The molecular formula is C20H25F2N3O2. The van der Waals surface area contributed by atoms with E-state index < -0.39 is 6.61 Å². The maximum atomic E-state index is 12.2. The fourth-order valence-corrected chi connectivity index (χ4v) is 2.53. The second kappa shape index (κ2) is 9.75. The molecule has 146 valence electrons. The van der Waals surface area contributed by atoms with Crippen molar-refractivity contribution < 1.29 is 18.3 Å². The summed E-state index contributed by atoms with van der Waals surface area (Å²) in [7, 11) is 5.70. The minimum atomic E-state index is -2.83. The van der Waals surface area contributed by atoms with Crippen LogP contribution in [0, 0.1) is 0 Å². The van der Waals surface area contributed by atoms with E-state index in [4.69, 9.17) is 0 Å². The summed E-state index contributed by atoms with van der Waals surface area (Å²) in [6.07, 6.45) is 0.603. The number of hydrogen-bond acceptors (Lipinski definition) is 3. The van der Waals surface area contributed by atoms with Gasteiger partial charge in [-0.15, -0.1) is 0 Å². The molecule has 0 aliphatic heterocycles. The highest BCUT2D eigenvalue weighted by Crippen LogP contribution is 2.15. The number of benzene rings is 2. The van der Waals surface area contributed by atoms with E-state index in [1.54, 1.807) is 24.1 Å². The first kappa shape index (κ1) is 20.5. The topological polar surface area (TPSA) is 44.8 Å². The van der Waals surface area contributed by atoms with E-state index in [0.717, 1.165) is 16.8 Å². The molecule has 2 aromatic rings. The van der Waals surface area contributed by atoms with E-state index in [1.165, 1.54) is 12.1 Å². The number of rotatable bonds is 8. The van der Waals surface area contributed by atoms with E-state index in [0.29, 0.717) is 19.5 Å². The fourth-order valence-electron chi connectivity index (χ4n) is 2.53. The van der Waals surface area contributed by atoms with Crippen LogP contribution in [0.3, 0.4) is 0 Å². The summed E-state index contributed by atoms with van der Waals surface area (Å²) in [6.45, 7) is -1.86. The van der Waals surface area contributed by atoms with E-state index in [2.05, 4.69) is 10.1 Å². The first-order valence-electron chi connectivity index (χ1n) is 8.64. The number of anilines is 1. The summed E-state index contributed by atoms with van der Waals surface area (Å²) in [5.74, 6) is 0.123. The number of carbonyl (C=O) groups excluding carboxylic acids is 1. The lowest BCUT2D eigenvalue weighted by Crippen LogP contribution is -2.37. The Kier molecular flexibility index (Phi) is 7.40. The number of amides is 2. The Morgan fingerprint density at radius 2 is 1.59 bits per heavy atom. The van der Waals surface area contributed by atoms with E-state index in [-0.39, 0.29) is 11.8 Å². The van der Waals surface area contributed by atoms with Gasteiger partial charge in [0, 0.05) is 39.9 Å². The number of alkyl halides is 2. The molecule has 0 aromatic heterocycles. The van der Waals surface area contributed by atoms with Gasteiger partial charge < -0.3 is 19.9 Å². The van der Waals surface area contributed by atoms with Gasteiger partial charge in [0.2, 0.25) is 0 Å². The Labute approximate surface area is 158 Å². The molecule has 0 atom stereocenters. The molecule has 0 unspecified atom stereocenters. The minimum absolute atomic E-state index is 0.123. The maximum absolute atomic E-state index is 12.2. The lowest BCUT2D eigenvalue weighted by Gasteiger charge is -2.19. The third kappa shape index (κ3) is 6.77. The Balaban J connectivity index is 1.76. The largest absolute Gasteiger partial charge is 0.435 e. The molecule has 2 rings (SSSR count). The first-order chi connectivity index (χ1) is 12.8. The van der Waals surface area contributed by atoms with Gasteiger partial charge in [-0.1, -0.05) is 24.3 Å². The summed E-state index contributed by atoms with van der Waals surface area (Å²) in [6, 6.07) is 14.3. The number of nitrogens with one attached hydrogen (secondary N) is 1. The molecule has 0 saturated carbocycles. The lowest BCUT2D eigenvalue weighted by molar-refractivity contribution is -0.0498. The second-order valence-electron chi connectivity index (χ2n) is 6.42. The van der Waals surface area contributed by atoms with Crippen molar-refractivity contribution in [2.45, 2.75) is 19.6 Å². The Hall–Kier alpha value is -2.83. The zero-order chi connectivity index (χ0) is 19.8. The number of halogens is 2. The van der Waals surface area contributed by atoms with Gasteiger partial charge in [-0.2, -0.15) is 8.78 Å². The average Bonchev–Trinajstić information content (AvgIpc) is 2.63. The molecule has 27 heavy (non-hydrogen) atoms. The van der Waals surface area contributed by atoms with Gasteiger partial charge in [0.1, 0.15) is 5.75 Å². The van der Waals surface area contributed by atoms with E-state index in [1.807, 2.05) is 43.3 Å². The standard InChI is InChI=1S/C20H25F2N3O2/c1-24(2)17-8-4-16(5-9-17)14-25(3)20(26)23-13-12-15-6-10-18(11-7-15)27-19(21)22/h4-11,19H,12-14H2,1-3H3,(H,23,26). The second-order valence-corrected chi connectivity index (χ2v) is 6.42. The normalized spacial score (nSPS) is 10.6. The molecule has 2 amide bonds. The van der Waals surface area contributed by atoms with Crippen molar-refractivity contribution in [1.82, 2.24) is 10.2 Å². The van der Waals surface area contributed by atoms with Crippen molar-refractivity contribution in [3.05, 3.63) is 59.7 Å². The molecule has 5 nitrogen and oxygen atoms in total. The van der Waals surface area contributed by atoms with Crippen molar-refractivity contribution in [3.63, 3.8) is 0 Å². The molecular weight excluding hydrogens is 352 g/mol. The summed E-state index contributed by atoms with van der Waals surface area (Å²) in [4.78, 5) is 15.8. The molecule has 0 radical (unpaired) electrons. The zero-order valence-electron chi connectivity index (χ0n) is 15.8. The van der Waals surface area contributed by atoms with Gasteiger partial charge in [-0.05, 0) is 41.8 Å². The van der Waals surface area contributed by atoms with Crippen LogP contribution >= 0.6 is 0 Å². The number of ether oxygens (including phenoxy) is 1.